The van der Waals surface area contributed by atoms with Crippen molar-refractivity contribution >= 4 is 27.9 Å². The van der Waals surface area contributed by atoms with Crippen LogP contribution in [-0.4, -0.2) is 79.3 Å². The number of carbonyl (C=O) groups is 2. The average molecular weight is 317 g/mol. The summed E-state index contributed by atoms with van der Waals surface area (Å²) in [5.74, 6) is -0.611. The van der Waals surface area contributed by atoms with Gasteiger partial charge in [0.1, 0.15) is 0 Å². The molecule has 0 aliphatic heterocycles. The quantitative estimate of drug-likeness (QED) is 0.271. The first-order chi connectivity index (χ1) is 7.93. The van der Waals surface area contributed by atoms with Crippen LogP contribution in [0.25, 0.3) is 0 Å². The van der Waals surface area contributed by atoms with Crippen LogP contribution in [0.1, 0.15) is 6.92 Å². The fraction of sp³-hybridized carbons (Fsp3) is 0.750. The molecular weight excluding hydrogens is 303 g/mol. The number of aliphatic hydroxyl groups is 4. The van der Waals surface area contributed by atoms with Crippen LogP contribution in [0.4, 0.5) is 0 Å². The van der Waals surface area contributed by atoms with E-state index in [0.29, 0.717) is 0 Å². The van der Waals surface area contributed by atoms with Gasteiger partial charge in [0.05, 0.1) is 0 Å². The average Bonchev–Trinajstić information content (AvgIpc) is 2.31. The zero-order chi connectivity index (χ0) is 13.4. The predicted molar refractivity (Wildman–Crippen MR) is 53.6 cm³/mol. The van der Waals surface area contributed by atoms with Crippen molar-refractivity contribution in [3.8, 4) is 0 Å². The van der Waals surface area contributed by atoms with Crippen LogP contribution in [0, 0.1) is 0 Å². The molecule has 0 amide bonds. The van der Waals surface area contributed by atoms with E-state index in [2.05, 4.69) is 3.82 Å². The molecule has 9 heteroatoms. The van der Waals surface area contributed by atoms with Gasteiger partial charge >= 0.3 is 103 Å². The molecule has 0 aromatic carbocycles. The van der Waals surface area contributed by atoms with E-state index < -0.39 is 52.6 Å². The van der Waals surface area contributed by atoms with Gasteiger partial charge in [0.15, 0.2) is 0 Å². The molecule has 0 rings (SSSR count). The molecule has 0 aliphatic rings. The molecule has 4 N–H and O–H groups in total. The third-order valence-electron chi connectivity index (χ3n) is 1.70. The van der Waals surface area contributed by atoms with Gasteiger partial charge in [-0.1, -0.05) is 0 Å². The summed E-state index contributed by atoms with van der Waals surface area (Å²) in [6.07, 6.45) is -6.33. The van der Waals surface area contributed by atoms with E-state index in [0.717, 1.165) is 6.92 Å². The molecule has 4 atom stereocenters. The van der Waals surface area contributed by atoms with E-state index in [-0.39, 0.29) is 6.29 Å². The molecule has 0 aliphatic carbocycles. The molecule has 0 heterocycles. The van der Waals surface area contributed by atoms with Gasteiger partial charge in [-0.3, -0.25) is 0 Å². The third-order valence-corrected chi connectivity index (χ3v) is 2.97. The zero-order valence-electron chi connectivity index (χ0n) is 8.92. The van der Waals surface area contributed by atoms with E-state index in [1.54, 1.807) is 0 Å². The summed E-state index contributed by atoms with van der Waals surface area (Å²) < 4.78 is 9.16. The summed E-state index contributed by atoms with van der Waals surface area (Å²) in [4.78, 5) is 21.0. The van der Waals surface area contributed by atoms with Crippen molar-refractivity contribution in [2.75, 3.05) is 6.61 Å². The Bertz CT molecular complexity index is 248. The number of aliphatic hydroxyl groups excluding tert-OH is 4. The van der Waals surface area contributed by atoms with Gasteiger partial charge in [0, 0.05) is 0 Å². The number of aldehydes is 1. The summed E-state index contributed by atoms with van der Waals surface area (Å²) in [6, 6.07) is 0. The summed E-state index contributed by atoms with van der Waals surface area (Å²) in [6.45, 7) is 0.362. The Kier molecular flexibility index (Phi) is 8.26. The van der Waals surface area contributed by atoms with Crippen LogP contribution in [-0.2, 0) is 17.2 Å². The third kappa shape index (κ3) is 6.08. The second-order valence-electron chi connectivity index (χ2n) is 3.07. The Balaban J connectivity index is 4.24. The monoisotopic (exact) mass is 318 g/mol. The molecule has 0 aromatic rings. The van der Waals surface area contributed by atoms with Crippen molar-refractivity contribution in [3.63, 3.8) is 0 Å². The predicted octanol–water partition coefficient (Wildman–Crippen LogP) is -3.26. The zero-order valence-corrected chi connectivity index (χ0v) is 10.6. The van der Waals surface area contributed by atoms with Gasteiger partial charge in [0.25, 0.3) is 0 Å². The maximum atomic E-state index is 10.6. The van der Waals surface area contributed by atoms with Crippen LogP contribution < -0.4 is 0 Å². The van der Waals surface area contributed by atoms with Crippen molar-refractivity contribution in [1.82, 2.24) is 0 Å². The van der Waals surface area contributed by atoms with E-state index in [1.165, 1.54) is 0 Å². The van der Waals surface area contributed by atoms with Crippen molar-refractivity contribution in [2.45, 2.75) is 31.3 Å². The van der Waals surface area contributed by atoms with Gasteiger partial charge in [0.2, 0.25) is 0 Å². The number of hydrogen-bond donors (Lipinski definition) is 4. The van der Waals surface area contributed by atoms with Crippen LogP contribution in [0.3, 0.4) is 0 Å². The topological polar surface area (TPSA) is 134 Å². The first-order valence-electron chi connectivity index (χ1n) is 4.55. The van der Waals surface area contributed by atoms with E-state index >= 15 is 0 Å². The van der Waals surface area contributed by atoms with Crippen LogP contribution in [0.2, 0.25) is 0 Å². The molecule has 0 saturated carbocycles. The molecule has 0 fully saturated rings. The van der Waals surface area contributed by atoms with Crippen molar-refractivity contribution in [1.29, 1.82) is 0 Å². The van der Waals surface area contributed by atoms with E-state index in [9.17, 15) is 19.8 Å². The van der Waals surface area contributed by atoms with Crippen molar-refractivity contribution < 1.29 is 37.7 Å². The standard InChI is InChI=1S/C8H14O8Se/c1-4(11)15-17-16-6(3-10)8(14)7(13)5(12)2-9/h3,5-9,12-14H,2H2,1H3/t5-,6+,7-,8-/m1/s1. The second kappa shape index (κ2) is 8.54. The molecule has 0 saturated heterocycles. The second-order valence-corrected chi connectivity index (χ2v) is 4.11. The van der Waals surface area contributed by atoms with Crippen LogP contribution in [0.15, 0.2) is 0 Å². The Hall–Kier alpha value is -0.541. The Morgan fingerprint density at radius 3 is 2.35 bits per heavy atom. The minimum atomic E-state index is -1.75. The molecule has 0 unspecified atom stereocenters. The maximum absolute atomic E-state index is 10.6. The summed E-state index contributed by atoms with van der Waals surface area (Å²) in [5.41, 5.74) is 0. The number of rotatable bonds is 8. The molecule has 100 valence electrons. The summed E-state index contributed by atoms with van der Waals surface area (Å²) >= 11 is -1.12. The fourth-order valence-electron chi connectivity index (χ4n) is 0.803. The van der Waals surface area contributed by atoms with Crippen molar-refractivity contribution in [2.24, 2.45) is 0 Å². The number of hydrogen-bond acceptors (Lipinski definition) is 8. The molecule has 0 bridgehead atoms. The summed E-state index contributed by atoms with van der Waals surface area (Å²) in [7, 11) is 0. The molecule has 0 spiro atoms. The molecule has 0 radical (unpaired) electrons. The van der Waals surface area contributed by atoms with Crippen molar-refractivity contribution in [3.05, 3.63) is 0 Å². The first kappa shape index (κ1) is 16.5. The van der Waals surface area contributed by atoms with E-state index in [4.69, 9.17) is 14.0 Å². The van der Waals surface area contributed by atoms with Gasteiger partial charge in [-0.25, -0.2) is 0 Å². The van der Waals surface area contributed by atoms with Crippen LogP contribution >= 0.6 is 0 Å². The Labute approximate surface area is 104 Å². The molecule has 0 aromatic heterocycles. The fourth-order valence-corrected chi connectivity index (χ4v) is 1.61. The van der Waals surface area contributed by atoms with Gasteiger partial charge < -0.3 is 0 Å². The Morgan fingerprint density at radius 2 is 1.94 bits per heavy atom. The summed E-state index contributed by atoms with van der Waals surface area (Å²) in [5, 5.41) is 36.3. The number of carbonyl (C=O) groups excluding carboxylic acids is 2. The van der Waals surface area contributed by atoms with Gasteiger partial charge in [-0.2, -0.15) is 0 Å². The SMILES string of the molecule is CC(=O)O[Se]O[C@@H](C=O)[C@@H](O)[C@H](O)[C@H](O)CO. The van der Waals surface area contributed by atoms with Crippen LogP contribution in [0.5, 0.6) is 0 Å². The molecule has 8 nitrogen and oxygen atoms in total. The first-order valence-corrected chi connectivity index (χ1v) is 5.94. The normalized spacial score (nSPS) is 17.9. The van der Waals surface area contributed by atoms with Gasteiger partial charge in [-0.05, 0) is 0 Å². The molecule has 17 heavy (non-hydrogen) atoms. The molecular formula is C8H14O8Se. The minimum absolute atomic E-state index is 0.198. The Morgan fingerprint density at radius 1 is 1.35 bits per heavy atom. The van der Waals surface area contributed by atoms with Gasteiger partial charge in [-0.15, -0.1) is 0 Å². The van der Waals surface area contributed by atoms with E-state index in [1.807, 2.05) is 0 Å².